The first-order valence-corrected chi connectivity index (χ1v) is 7.72. The van der Waals surface area contributed by atoms with Gasteiger partial charge in [-0.25, -0.2) is 0 Å². The van der Waals surface area contributed by atoms with Gasteiger partial charge in [0.2, 0.25) is 0 Å². The first-order valence-electron chi connectivity index (χ1n) is 4.07. The summed E-state index contributed by atoms with van der Waals surface area (Å²) in [5.41, 5.74) is 1.28. The van der Waals surface area contributed by atoms with Crippen molar-refractivity contribution in [2.75, 3.05) is 6.26 Å². The monoisotopic (exact) mass is 354 g/mol. The molecule has 0 spiro atoms. The molecule has 0 bridgehead atoms. The Morgan fingerprint density at radius 3 is 2.93 bits per heavy atom. The summed E-state index contributed by atoms with van der Waals surface area (Å²) in [5.74, 6) is 0.601. The van der Waals surface area contributed by atoms with E-state index in [-0.39, 0.29) is 0 Å². The molecule has 0 radical (unpaired) electrons. The molecule has 0 fully saturated rings. The molecule has 0 amide bonds. The first-order chi connectivity index (χ1) is 6.76. The summed E-state index contributed by atoms with van der Waals surface area (Å²) in [5, 5.41) is 1.31. The van der Waals surface area contributed by atoms with Gasteiger partial charge in [0.1, 0.15) is 0 Å². The van der Waals surface area contributed by atoms with Gasteiger partial charge in [-0.2, -0.15) is 0 Å². The van der Waals surface area contributed by atoms with Crippen LogP contribution in [0, 0.1) is 2.88 Å². The third kappa shape index (κ3) is 1.92. The lowest BCUT2D eigenvalue weighted by atomic mass is 10.2. The van der Waals surface area contributed by atoms with E-state index >= 15 is 0 Å². The quantitative estimate of drug-likeness (QED) is 0.417. The third-order valence-corrected chi connectivity index (χ3v) is 5.13. The van der Waals surface area contributed by atoms with E-state index < -0.39 is 0 Å². The highest BCUT2D eigenvalue weighted by Gasteiger charge is 2.08. The van der Waals surface area contributed by atoms with E-state index in [1.807, 2.05) is 11.3 Å². The summed E-state index contributed by atoms with van der Waals surface area (Å²) >= 11 is 11.9. The fourth-order valence-electron chi connectivity index (χ4n) is 1.43. The van der Waals surface area contributed by atoms with Crippen LogP contribution in [0.1, 0.15) is 5.56 Å². The molecule has 1 heterocycles. The van der Waals surface area contributed by atoms with Crippen molar-refractivity contribution in [3.8, 4) is 0 Å². The number of hydrogen-bond donors (Lipinski definition) is 0. The Hall–Kier alpha value is 0.550. The standard InChI is InChI=1S/C10H8ClIS2/c1-13-8-3-2-6-4-9(12)14-10(6)7(8)5-11/h2-4H,5H2,1H3. The number of thioether (sulfide) groups is 1. The van der Waals surface area contributed by atoms with E-state index in [2.05, 4.69) is 47.0 Å². The largest absolute Gasteiger partial charge is 0.129 e. The van der Waals surface area contributed by atoms with E-state index in [0.29, 0.717) is 5.88 Å². The number of fused-ring (bicyclic) bond motifs is 1. The summed E-state index contributed by atoms with van der Waals surface area (Å²) in [6, 6.07) is 6.55. The van der Waals surface area contributed by atoms with Gasteiger partial charge in [-0.1, -0.05) is 6.07 Å². The maximum Gasteiger partial charge on any atom is 0.0666 e. The van der Waals surface area contributed by atoms with Gasteiger partial charge >= 0.3 is 0 Å². The molecule has 2 aromatic rings. The zero-order valence-electron chi connectivity index (χ0n) is 7.51. The van der Waals surface area contributed by atoms with Crippen molar-refractivity contribution < 1.29 is 0 Å². The molecule has 1 aromatic heterocycles. The van der Waals surface area contributed by atoms with Crippen molar-refractivity contribution in [3.05, 3.63) is 26.6 Å². The van der Waals surface area contributed by atoms with Crippen molar-refractivity contribution in [1.82, 2.24) is 0 Å². The molecule has 74 valence electrons. The van der Waals surface area contributed by atoms with Gasteiger partial charge in [0.25, 0.3) is 0 Å². The number of halogens is 2. The van der Waals surface area contributed by atoms with Gasteiger partial charge in [-0.3, -0.25) is 0 Å². The van der Waals surface area contributed by atoms with Gasteiger partial charge in [0, 0.05) is 15.5 Å². The molecular formula is C10H8ClIS2. The predicted octanol–water partition coefficient (Wildman–Crippen LogP) is 4.97. The molecular weight excluding hydrogens is 347 g/mol. The van der Waals surface area contributed by atoms with Crippen LogP contribution >= 0.6 is 57.3 Å². The van der Waals surface area contributed by atoms with E-state index in [1.54, 1.807) is 11.8 Å². The fraction of sp³-hybridized carbons (Fsp3) is 0.200. The molecule has 0 saturated heterocycles. The Morgan fingerprint density at radius 2 is 2.29 bits per heavy atom. The van der Waals surface area contributed by atoms with Gasteiger partial charge in [-0.05, 0) is 51.9 Å². The molecule has 14 heavy (non-hydrogen) atoms. The number of benzene rings is 1. The van der Waals surface area contributed by atoms with Crippen LogP contribution in [0.2, 0.25) is 0 Å². The van der Waals surface area contributed by atoms with Crippen LogP contribution in [-0.4, -0.2) is 6.26 Å². The second-order valence-electron chi connectivity index (χ2n) is 2.85. The lowest BCUT2D eigenvalue weighted by Gasteiger charge is -2.04. The Bertz CT molecular complexity index is 464. The van der Waals surface area contributed by atoms with Crippen molar-refractivity contribution in [3.63, 3.8) is 0 Å². The molecule has 1 aromatic carbocycles. The van der Waals surface area contributed by atoms with Crippen LogP contribution in [0.3, 0.4) is 0 Å². The summed E-state index contributed by atoms with van der Waals surface area (Å²) in [4.78, 5) is 1.30. The van der Waals surface area contributed by atoms with Gasteiger partial charge in [0.05, 0.1) is 2.88 Å². The smallest absolute Gasteiger partial charge is 0.0666 e. The van der Waals surface area contributed by atoms with Crippen molar-refractivity contribution >= 4 is 67.4 Å². The Balaban J connectivity index is 2.75. The van der Waals surface area contributed by atoms with Crippen LogP contribution in [-0.2, 0) is 5.88 Å². The lowest BCUT2D eigenvalue weighted by Crippen LogP contribution is -1.82. The Labute approximate surface area is 110 Å². The van der Waals surface area contributed by atoms with Crippen LogP contribution in [0.5, 0.6) is 0 Å². The average molecular weight is 355 g/mol. The molecule has 0 atom stereocenters. The molecule has 0 saturated carbocycles. The minimum atomic E-state index is 0.601. The number of thiophene rings is 1. The zero-order chi connectivity index (χ0) is 10.1. The number of rotatable bonds is 2. The van der Waals surface area contributed by atoms with Crippen molar-refractivity contribution in [1.29, 1.82) is 0 Å². The number of alkyl halides is 1. The van der Waals surface area contributed by atoms with Crippen LogP contribution in [0.25, 0.3) is 10.1 Å². The summed E-state index contributed by atoms with van der Waals surface area (Å²) in [6.07, 6.45) is 2.09. The maximum atomic E-state index is 5.99. The molecule has 0 aliphatic rings. The first kappa shape index (κ1) is 11.0. The SMILES string of the molecule is CSc1ccc2cc(I)sc2c1CCl. The number of hydrogen-bond acceptors (Lipinski definition) is 2. The molecule has 0 aliphatic heterocycles. The van der Waals surface area contributed by atoms with Crippen molar-refractivity contribution in [2.24, 2.45) is 0 Å². The highest BCUT2D eigenvalue weighted by molar-refractivity contribution is 14.1. The highest BCUT2D eigenvalue weighted by Crippen LogP contribution is 2.35. The third-order valence-electron chi connectivity index (χ3n) is 2.07. The summed E-state index contributed by atoms with van der Waals surface area (Å²) in [6.45, 7) is 0. The minimum absolute atomic E-state index is 0.601. The average Bonchev–Trinajstić information content (AvgIpc) is 2.56. The van der Waals surface area contributed by atoms with Gasteiger partial charge in [0.15, 0.2) is 0 Å². The normalized spacial score (nSPS) is 11.1. The van der Waals surface area contributed by atoms with E-state index in [1.165, 1.54) is 23.4 Å². The Kier molecular flexibility index (Phi) is 3.63. The van der Waals surface area contributed by atoms with Gasteiger partial charge in [-0.15, -0.1) is 34.7 Å². The predicted molar refractivity (Wildman–Crippen MR) is 75.9 cm³/mol. The molecule has 0 nitrogen and oxygen atoms in total. The molecule has 2 rings (SSSR count). The summed E-state index contributed by atoms with van der Waals surface area (Å²) in [7, 11) is 0. The molecule has 4 heteroatoms. The minimum Gasteiger partial charge on any atom is -0.129 e. The van der Waals surface area contributed by atoms with Crippen molar-refractivity contribution in [2.45, 2.75) is 10.8 Å². The topological polar surface area (TPSA) is 0 Å². The van der Waals surface area contributed by atoms with E-state index in [4.69, 9.17) is 11.6 Å². The maximum absolute atomic E-state index is 5.99. The molecule has 0 N–H and O–H groups in total. The van der Waals surface area contributed by atoms with Crippen LogP contribution < -0.4 is 0 Å². The highest BCUT2D eigenvalue weighted by atomic mass is 127. The van der Waals surface area contributed by atoms with E-state index in [0.717, 1.165) is 0 Å². The second kappa shape index (κ2) is 4.60. The second-order valence-corrected chi connectivity index (χ2v) is 6.91. The van der Waals surface area contributed by atoms with E-state index in [9.17, 15) is 0 Å². The molecule has 0 unspecified atom stereocenters. The fourth-order valence-corrected chi connectivity index (χ4v) is 4.48. The summed E-state index contributed by atoms with van der Waals surface area (Å²) < 4.78 is 2.67. The molecule has 0 aliphatic carbocycles. The lowest BCUT2D eigenvalue weighted by molar-refractivity contribution is 1.31. The van der Waals surface area contributed by atoms with Crippen LogP contribution in [0.4, 0.5) is 0 Å². The zero-order valence-corrected chi connectivity index (χ0v) is 12.1. The van der Waals surface area contributed by atoms with Gasteiger partial charge < -0.3 is 0 Å². The Morgan fingerprint density at radius 1 is 1.50 bits per heavy atom. The van der Waals surface area contributed by atoms with Crippen LogP contribution in [0.15, 0.2) is 23.1 Å².